The number of hydrogen-bond donors (Lipinski definition) is 4. The summed E-state index contributed by atoms with van der Waals surface area (Å²) in [5.41, 5.74) is 10.1. The zero-order valence-electron chi connectivity index (χ0n) is 13.0. The number of amides is 1. The van der Waals surface area contributed by atoms with Crippen molar-refractivity contribution in [2.45, 2.75) is 6.42 Å². The summed E-state index contributed by atoms with van der Waals surface area (Å²) in [5, 5.41) is 3.94. The average Bonchev–Trinajstić information content (AvgIpc) is 3.18. The number of fused-ring (bicyclic) bond motifs is 2. The van der Waals surface area contributed by atoms with Gasteiger partial charge in [0.2, 0.25) is 5.91 Å². The summed E-state index contributed by atoms with van der Waals surface area (Å²) < 4.78 is 0. The number of para-hydroxylation sites is 1. The highest BCUT2D eigenvalue weighted by atomic mass is 16.1. The largest absolute Gasteiger partial charge is 0.361 e. The number of nitrogens with two attached hydrogens (primary N) is 1. The smallest absolute Gasteiger partial charge is 0.238 e. The van der Waals surface area contributed by atoms with Crippen molar-refractivity contribution in [2.24, 2.45) is 5.73 Å². The second-order valence-corrected chi connectivity index (χ2v) is 5.70. The molecule has 0 aliphatic heterocycles. The van der Waals surface area contributed by atoms with Crippen LogP contribution in [0.4, 0.5) is 5.69 Å². The van der Waals surface area contributed by atoms with Gasteiger partial charge in [-0.3, -0.25) is 4.79 Å². The highest BCUT2D eigenvalue weighted by molar-refractivity contribution is 5.94. The van der Waals surface area contributed by atoms with Crippen molar-refractivity contribution in [3.8, 4) is 0 Å². The number of anilines is 1. The van der Waals surface area contributed by atoms with Crippen molar-refractivity contribution in [3.63, 3.8) is 0 Å². The van der Waals surface area contributed by atoms with Gasteiger partial charge in [0, 0.05) is 29.2 Å². The minimum absolute atomic E-state index is 0.0373. The van der Waals surface area contributed by atoms with E-state index in [1.807, 2.05) is 36.5 Å². The maximum absolute atomic E-state index is 11.4. The molecule has 2 aromatic heterocycles. The van der Waals surface area contributed by atoms with Gasteiger partial charge in [-0.1, -0.05) is 18.2 Å². The Morgan fingerprint density at radius 1 is 1.17 bits per heavy atom. The Bertz CT molecular complexity index is 1030. The molecule has 0 atom stereocenters. The highest BCUT2D eigenvalue weighted by Gasteiger charge is 2.09. The van der Waals surface area contributed by atoms with E-state index in [1.165, 1.54) is 10.9 Å². The summed E-state index contributed by atoms with van der Waals surface area (Å²) in [7, 11) is 0. The van der Waals surface area contributed by atoms with E-state index in [-0.39, 0.29) is 12.5 Å². The number of nitrogens with one attached hydrogen (secondary N) is 3. The third-order valence-corrected chi connectivity index (χ3v) is 4.03. The molecule has 2 aromatic carbocycles. The molecule has 4 aromatic rings. The van der Waals surface area contributed by atoms with Gasteiger partial charge in [0.05, 0.1) is 17.6 Å². The standard InChI is InChI=1S/C18H17N5O/c19-9-18(24)21-12-5-6-15-16(8-12)23-17(22-15)7-11-10-20-14-4-2-1-3-13(11)14/h1-6,8,10,20H,7,9,19H2,(H,21,24)(H,22,23). The first-order valence-electron chi connectivity index (χ1n) is 7.76. The minimum atomic E-state index is -0.219. The Kier molecular flexibility index (Phi) is 3.51. The first kappa shape index (κ1) is 14.5. The quantitative estimate of drug-likeness (QED) is 0.465. The number of carbonyl (C=O) groups is 1. The number of benzene rings is 2. The predicted molar refractivity (Wildman–Crippen MR) is 94.9 cm³/mol. The monoisotopic (exact) mass is 319 g/mol. The van der Waals surface area contributed by atoms with E-state index < -0.39 is 0 Å². The van der Waals surface area contributed by atoms with E-state index in [0.717, 1.165) is 22.4 Å². The fourth-order valence-electron chi connectivity index (χ4n) is 2.89. The second kappa shape index (κ2) is 5.82. The topological polar surface area (TPSA) is 99.6 Å². The van der Waals surface area contributed by atoms with Crippen LogP contribution in [0.25, 0.3) is 21.9 Å². The number of carbonyl (C=O) groups excluding carboxylic acids is 1. The Morgan fingerprint density at radius 3 is 2.92 bits per heavy atom. The zero-order chi connectivity index (χ0) is 16.5. The average molecular weight is 319 g/mol. The minimum Gasteiger partial charge on any atom is -0.361 e. The lowest BCUT2D eigenvalue weighted by Gasteiger charge is -2.02. The number of hydrogen-bond acceptors (Lipinski definition) is 3. The third-order valence-electron chi connectivity index (χ3n) is 4.03. The van der Waals surface area contributed by atoms with Crippen LogP contribution in [-0.4, -0.2) is 27.4 Å². The lowest BCUT2D eigenvalue weighted by molar-refractivity contribution is -0.114. The molecular weight excluding hydrogens is 302 g/mol. The van der Waals surface area contributed by atoms with Crippen LogP contribution in [0.5, 0.6) is 0 Å². The number of aromatic nitrogens is 3. The van der Waals surface area contributed by atoms with Gasteiger partial charge in [0.15, 0.2) is 0 Å². The molecule has 24 heavy (non-hydrogen) atoms. The molecule has 1 amide bonds. The molecule has 6 heteroatoms. The molecule has 6 nitrogen and oxygen atoms in total. The maximum Gasteiger partial charge on any atom is 0.238 e. The maximum atomic E-state index is 11.4. The molecular formula is C18H17N5O. The molecule has 0 unspecified atom stereocenters. The summed E-state index contributed by atoms with van der Waals surface area (Å²) in [6.07, 6.45) is 2.73. The molecule has 0 fully saturated rings. The third kappa shape index (κ3) is 2.63. The van der Waals surface area contributed by atoms with E-state index in [2.05, 4.69) is 32.4 Å². The number of imidazole rings is 1. The zero-order valence-corrected chi connectivity index (χ0v) is 13.0. The summed E-state index contributed by atoms with van der Waals surface area (Å²) in [4.78, 5) is 22.6. The summed E-state index contributed by atoms with van der Waals surface area (Å²) in [6.45, 7) is -0.0373. The van der Waals surface area contributed by atoms with Crippen molar-refractivity contribution in [1.29, 1.82) is 0 Å². The number of nitrogens with zero attached hydrogens (tertiary/aromatic N) is 1. The van der Waals surface area contributed by atoms with Crippen molar-refractivity contribution in [3.05, 3.63) is 60.0 Å². The fourth-order valence-corrected chi connectivity index (χ4v) is 2.89. The second-order valence-electron chi connectivity index (χ2n) is 5.70. The van der Waals surface area contributed by atoms with E-state index >= 15 is 0 Å². The summed E-state index contributed by atoms with van der Waals surface area (Å²) in [6, 6.07) is 13.8. The van der Waals surface area contributed by atoms with Crippen molar-refractivity contribution < 1.29 is 4.79 Å². The molecule has 0 saturated heterocycles. The van der Waals surface area contributed by atoms with Crippen molar-refractivity contribution in [2.75, 3.05) is 11.9 Å². The Hall–Kier alpha value is -3.12. The van der Waals surface area contributed by atoms with Gasteiger partial charge in [-0.05, 0) is 29.8 Å². The molecule has 0 saturated carbocycles. The van der Waals surface area contributed by atoms with E-state index in [9.17, 15) is 4.79 Å². The summed E-state index contributed by atoms with van der Waals surface area (Å²) in [5.74, 6) is 0.668. The summed E-state index contributed by atoms with van der Waals surface area (Å²) >= 11 is 0. The van der Waals surface area contributed by atoms with E-state index in [0.29, 0.717) is 12.1 Å². The molecule has 0 aliphatic carbocycles. The van der Waals surface area contributed by atoms with Gasteiger partial charge in [-0.25, -0.2) is 4.98 Å². The van der Waals surface area contributed by atoms with Crippen LogP contribution >= 0.6 is 0 Å². The van der Waals surface area contributed by atoms with Crippen LogP contribution in [0.15, 0.2) is 48.7 Å². The van der Waals surface area contributed by atoms with Gasteiger partial charge in [0.25, 0.3) is 0 Å². The van der Waals surface area contributed by atoms with Crippen molar-refractivity contribution in [1.82, 2.24) is 15.0 Å². The Labute approximate surface area is 138 Å². The highest BCUT2D eigenvalue weighted by Crippen LogP contribution is 2.22. The van der Waals surface area contributed by atoms with Gasteiger partial charge in [-0.2, -0.15) is 0 Å². The normalized spacial score (nSPS) is 11.2. The van der Waals surface area contributed by atoms with Gasteiger partial charge in [-0.15, -0.1) is 0 Å². The van der Waals surface area contributed by atoms with Crippen molar-refractivity contribution >= 4 is 33.5 Å². The van der Waals surface area contributed by atoms with Crippen LogP contribution < -0.4 is 11.1 Å². The molecule has 0 radical (unpaired) electrons. The molecule has 120 valence electrons. The Balaban J connectivity index is 1.64. The molecule has 4 rings (SSSR count). The lowest BCUT2D eigenvalue weighted by Crippen LogP contribution is -2.21. The molecule has 5 N–H and O–H groups in total. The lowest BCUT2D eigenvalue weighted by atomic mass is 10.1. The number of aromatic amines is 2. The number of H-pyrrole nitrogens is 2. The van der Waals surface area contributed by atoms with Crippen LogP contribution in [-0.2, 0) is 11.2 Å². The Morgan fingerprint density at radius 2 is 2.04 bits per heavy atom. The van der Waals surface area contributed by atoms with Crippen LogP contribution in [0.2, 0.25) is 0 Å². The molecule has 2 heterocycles. The van der Waals surface area contributed by atoms with Gasteiger partial charge >= 0.3 is 0 Å². The first-order valence-corrected chi connectivity index (χ1v) is 7.76. The molecule has 0 bridgehead atoms. The van der Waals surface area contributed by atoms with Crippen LogP contribution in [0.3, 0.4) is 0 Å². The SMILES string of the molecule is NCC(=O)Nc1ccc2[nH]c(Cc3c[nH]c4ccccc34)nc2c1. The number of rotatable bonds is 4. The van der Waals surface area contributed by atoms with Crippen LogP contribution in [0.1, 0.15) is 11.4 Å². The van der Waals surface area contributed by atoms with Gasteiger partial charge < -0.3 is 21.0 Å². The van der Waals surface area contributed by atoms with E-state index in [1.54, 1.807) is 0 Å². The van der Waals surface area contributed by atoms with E-state index in [4.69, 9.17) is 5.73 Å². The molecule has 0 aliphatic rings. The predicted octanol–water partition coefficient (Wildman–Crippen LogP) is 2.53. The fraction of sp³-hybridized carbons (Fsp3) is 0.111. The van der Waals surface area contributed by atoms with Gasteiger partial charge in [0.1, 0.15) is 5.82 Å². The first-order chi connectivity index (χ1) is 11.7. The van der Waals surface area contributed by atoms with Crippen LogP contribution in [0, 0.1) is 0 Å². The molecule has 0 spiro atoms.